The maximum Gasteiger partial charge on any atom is 0.254 e. The van der Waals surface area contributed by atoms with Gasteiger partial charge in [-0.05, 0) is 75.6 Å². The van der Waals surface area contributed by atoms with Gasteiger partial charge < -0.3 is 14.6 Å². The Morgan fingerprint density at radius 1 is 0.846 bits per heavy atom. The van der Waals surface area contributed by atoms with Crippen molar-refractivity contribution in [2.24, 2.45) is 0 Å². The Morgan fingerprint density at radius 3 is 2.26 bits per heavy atom. The maximum absolute atomic E-state index is 13.4. The van der Waals surface area contributed by atoms with E-state index in [-0.39, 0.29) is 11.7 Å². The molecule has 3 aromatic carbocycles. The van der Waals surface area contributed by atoms with Gasteiger partial charge in [0.25, 0.3) is 5.91 Å². The summed E-state index contributed by atoms with van der Waals surface area (Å²) in [6, 6.07) is 21.7. The molecule has 0 radical (unpaired) electrons. The SMILES string of the molecule is CC(=O)CCCCc1nc2cc(C(=O)N3CCN(c4ccc(C)cc4)CC3)ccc2nc1-c1ccc(Cl)cc1. The molecule has 4 aromatic rings. The van der Waals surface area contributed by atoms with Crippen LogP contribution in [0.3, 0.4) is 0 Å². The van der Waals surface area contributed by atoms with Crippen molar-refractivity contribution < 1.29 is 9.59 Å². The van der Waals surface area contributed by atoms with Crippen LogP contribution >= 0.6 is 11.6 Å². The number of hydrogen-bond donors (Lipinski definition) is 0. The second kappa shape index (κ2) is 12.0. The minimum absolute atomic E-state index is 0.0204. The molecule has 7 heteroatoms. The molecular weight excluding hydrogens is 508 g/mol. The fraction of sp³-hybridized carbons (Fsp3) is 0.312. The zero-order chi connectivity index (χ0) is 27.4. The number of unbranched alkanes of at least 4 members (excludes halogenated alkanes) is 1. The second-order valence-corrected chi connectivity index (χ2v) is 10.7. The zero-order valence-electron chi connectivity index (χ0n) is 22.5. The molecule has 1 saturated heterocycles. The van der Waals surface area contributed by atoms with Crippen molar-refractivity contribution in [1.29, 1.82) is 0 Å². The van der Waals surface area contributed by atoms with Crippen LogP contribution in [0.1, 0.15) is 47.8 Å². The Balaban J connectivity index is 1.36. The first kappa shape index (κ1) is 26.8. The fourth-order valence-electron chi connectivity index (χ4n) is 5.01. The Kier molecular flexibility index (Phi) is 8.22. The Bertz CT molecular complexity index is 1480. The number of anilines is 1. The van der Waals surface area contributed by atoms with Gasteiger partial charge in [-0.2, -0.15) is 0 Å². The summed E-state index contributed by atoms with van der Waals surface area (Å²) in [6.07, 6.45) is 2.91. The molecule has 1 fully saturated rings. The van der Waals surface area contributed by atoms with E-state index in [0.29, 0.717) is 42.0 Å². The fourth-order valence-corrected chi connectivity index (χ4v) is 5.14. The number of rotatable bonds is 8. The topological polar surface area (TPSA) is 66.4 Å². The number of carbonyl (C=O) groups excluding carboxylic acids is 2. The number of amides is 1. The van der Waals surface area contributed by atoms with Crippen molar-refractivity contribution in [3.05, 3.63) is 88.6 Å². The molecule has 0 atom stereocenters. The number of ketones is 1. The van der Waals surface area contributed by atoms with Gasteiger partial charge in [0.2, 0.25) is 0 Å². The Hall–Kier alpha value is -3.77. The van der Waals surface area contributed by atoms with Crippen molar-refractivity contribution in [2.45, 2.75) is 39.5 Å². The number of carbonyl (C=O) groups is 2. The molecule has 0 N–H and O–H groups in total. The van der Waals surface area contributed by atoms with Gasteiger partial charge in [-0.1, -0.05) is 41.4 Å². The minimum Gasteiger partial charge on any atom is -0.368 e. The monoisotopic (exact) mass is 540 g/mol. The molecule has 39 heavy (non-hydrogen) atoms. The summed E-state index contributed by atoms with van der Waals surface area (Å²) in [7, 11) is 0. The lowest BCUT2D eigenvalue weighted by molar-refractivity contribution is -0.117. The lowest BCUT2D eigenvalue weighted by Crippen LogP contribution is -2.48. The highest BCUT2D eigenvalue weighted by molar-refractivity contribution is 6.30. The average Bonchev–Trinajstić information content (AvgIpc) is 2.95. The summed E-state index contributed by atoms with van der Waals surface area (Å²) in [4.78, 5) is 39.0. The standard InChI is InChI=1S/C32H33ClN4O2/c1-22-7-14-27(15-8-22)36-17-19-37(20-18-36)32(39)25-11-16-28-30(21-25)34-29(6-4-3-5-23(2)38)31(35-28)24-9-12-26(33)13-10-24/h7-16,21H,3-6,17-20H2,1-2H3. The van der Waals surface area contributed by atoms with Crippen LogP contribution in [0.25, 0.3) is 22.3 Å². The van der Waals surface area contributed by atoms with E-state index < -0.39 is 0 Å². The van der Waals surface area contributed by atoms with Crippen molar-refractivity contribution in [3.8, 4) is 11.3 Å². The van der Waals surface area contributed by atoms with Crippen LogP contribution in [0.2, 0.25) is 5.02 Å². The van der Waals surface area contributed by atoms with Gasteiger partial charge >= 0.3 is 0 Å². The van der Waals surface area contributed by atoms with E-state index in [1.165, 1.54) is 11.3 Å². The summed E-state index contributed by atoms with van der Waals surface area (Å²) >= 11 is 6.12. The predicted octanol–water partition coefficient (Wildman–Crippen LogP) is 6.52. The smallest absolute Gasteiger partial charge is 0.254 e. The summed E-state index contributed by atoms with van der Waals surface area (Å²) in [5.41, 5.74) is 7.14. The van der Waals surface area contributed by atoms with E-state index in [1.54, 1.807) is 6.92 Å². The molecule has 1 aromatic heterocycles. The van der Waals surface area contributed by atoms with Crippen LogP contribution in [-0.2, 0) is 11.2 Å². The molecule has 0 bridgehead atoms. The average molecular weight is 541 g/mol. The first-order valence-corrected chi connectivity index (χ1v) is 13.9. The first-order chi connectivity index (χ1) is 18.9. The largest absolute Gasteiger partial charge is 0.368 e. The Morgan fingerprint density at radius 2 is 1.56 bits per heavy atom. The quantitative estimate of drug-likeness (QED) is 0.238. The number of piperazine rings is 1. The van der Waals surface area contributed by atoms with Gasteiger partial charge in [0.1, 0.15) is 5.78 Å². The second-order valence-electron chi connectivity index (χ2n) is 10.3. The molecule has 0 spiro atoms. The number of hydrogen-bond acceptors (Lipinski definition) is 5. The molecule has 1 amide bonds. The van der Waals surface area contributed by atoms with Gasteiger partial charge in [0.05, 0.1) is 22.4 Å². The van der Waals surface area contributed by atoms with Crippen LogP contribution < -0.4 is 4.90 Å². The molecular formula is C32H33ClN4O2. The van der Waals surface area contributed by atoms with Crippen molar-refractivity contribution in [3.63, 3.8) is 0 Å². The first-order valence-electron chi connectivity index (χ1n) is 13.5. The highest BCUT2D eigenvalue weighted by Gasteiger charge is 2.23. The predicted molar refractivity (Wildman–Crippen MR) is 158 cm³/mol. The van der Waals surface area contributed by atoms with Crippen LogP contribution in [0, 0.1) is 6.92 Å². The number of Topliss-reactive ketones (excluding diaryl/α,β-unsaturated/α-hetero) is 1. The number of aryl methyl sites for hydroxylation is 2. The number of nitrogens with zero attached hydrogens (tertiary/aromatic N) is 4. The van der Waals surface area contributed by atoms with Crippen LogP contribution in [0.15, 0.2) is 66.7 Å². The summed E-state index contributed by atoms with van der Waals surface area (Å²) in [5.74, 6) is 0.215. The normalized spacial score (nSPS) is 13.6. The zero-order valence-corrected chi connectivity index (χ0v) is 23.2. The van der Waals surface area contributed by atoms with Gasteiger partial charge in [-0.3, -0.25) is 4.79 Å². The molecule has 0 saturated carbocycles. The summed E-state index contributed by atoms with van der Waals surface area (Å²) in [6.45, 7) is 6.66. The molecule has 0 aliphatic carbocycles. The van der Waals surface area contributed by atoms with Crippen LogP contribution in [0.4, 0.5) is 5.69 Å². The molecule has 6 nitrogen and oxygen atoms in total. The minimum atomic E-state index is 0.0204. The van der Waals surface area contributed by atoms with E-state index in [0.717, 1.165) is 48.4 Å². The van der Waals surface area contributed by atoms with Gasteiger partial charge in [-0.15, -0.1) is 0 Å². The number of fused-ring (bicyclic) bond motifs is 1. The van der Waals surface area contributed by atoms with Gasteiger partial charge in [-0.25, -0.2) is 9.97 Å². The lowest BCUT2D eigenvalue weighted by Gasteiger charge is -2.36. The number of halogens is 1. The van der Waals surface area contributed by atoms with E-state index in [2.05, 4.69) is 36.1 Å². The van der Waals surface area contributed by atoms with E-state index >= 15 is 0 Å². The van der Waals surface area contributed by atoms with Crippen LogP contribution in [-0.4, -0.2) is 52.7 Å². The maximum atomic E-state index is 13.4. The number of aromatic nitrogens is 2. The molecule has 5 rings (SSSR count). The third-order valence-electron chi connectivity index (χ3n) is 7.26. The third kappa shape index (κ3) is 6.45. The molecule has 1 aliphatic rings. The lowest BCUT2D eigenvalue weighted by atomic mass is 10.0. The van der Waals surface area contributed by atoms with Crippen molar-refractivity contribution in [2.75, 3.05) is 31.1 Å². The van der Waals surface area contributed by atoms with Crippen molar-refractivity contribution in [1.82, 2.24) is 14.9 Å². The molecule has 1 aliphatic heterocycles. The van der Waals surface area contributed by atoms with Crippen LogP contribution in [0.5, 0.6) is 0 Å². The summed E-state index contributed by atoms with van der Waals surface area (Å²) in [5, 5.41) is 0.665. The van der Waals surface area contributed by atoms with Gasteiger partial charge in [0.15, 0.2) is 0 Å². The van der Waals surface area contributed by atoms with Gasteiger partial charge in [0, 0.05) is 54.4 Å². The van der Waals surface area contributed by atoms with E-state index in [9.17, 15) is 9.59 Å². The van der Waals surface area contributed by atoms with Crippen molar-refractivity contribution >= 4 is 40.0 Å². The molecule has 2 heterocycles. The summed E-state index contributed by atoms with van der Waals surface area (Å²) < 4.78 is 0. The van der Waals surface area contributed by atoms with E-state index in [1.807, 2.05) is 47.4 Å². The molecule has 200 valence electrons. The highest BCUT2D eigenvalue weighted by Crippen LogP contribution is 2.27. The third-order valence-corrected chi connectivity index (χ3v) is 7.51. The Labute approximate surface area is 234 Å². The molecule has 0 unspecified atom stereocenters. The number of benzene rings is 3. The highest BCUT2D eigenvalue weighted by atomic mass is 35.5. The van der Waals surface area contributed by atoms with E-state index in [4.69, 9.17) is 21.6 Å².